The lowest BCUT2D eigenvalue weighted by molar-refractivity contribution is -0.114. The molecular weight excluding hydrogens is 422 g/mol. The van der Waals surface area contributed by atoms with Crippen LogP contribution in [0.5, 0.6) is 0 Å². The summed E-state index contributed by atoms with van der Waals surface area (Å²) in [7, 11) is -3.63. The van der Waals surface area contributed by atoms with Crippen LogP contribution in [0.3, 0.4) is 0 Å². The minimum Gasteiger partial charge on any atom is -0.325 e. The number of nitrogens with zero attached hydrogens (tertiary/aromatic N) is 2. The van der Waals surface area contributed by atoms with E-state index in [1.165, 1.54) is 0 Å². The Morgan fingerprint density at radius 2 is 1.47 bits per heavy atom. The summed E-state index contributed by atoms with van der Waals surface area (Å²) in [5, 5.41) is 2.79. The van der Waals surface area contributed by atoms with Gasteiger partial charge in [0.25, 0.3) is 0 Å². The molecule has 2 aromatic carbocycles. The number of hydrogen-bond acceptors (Lipinski definition) is 4. The molecule has 168 valence electrons. The maximum Gasteiger partial charge on any atom is 0.245 e. The Morgan fingerprint density at radius 1 is 0.906 bits per heavy atom. The van der Waals surface area contributed by atoms with Crippen molar-refractivity contribution in [1.82, 2.24) is 4.98 Å². The molecule has 0 bridgehead atoms. The van der Waals surface area contributed by atoms with E-state index in [0.29, 0.717) is 11.4 Å². The molecule has 0 atom stereocenters. The largest absolute Gasteiger partial charge is 0.325 e. The summed E-state index contributed by atoms with van der Waals surface area (Å²) in [4.78, 5) is 16.6. The van der Waals surface area contributed by atoms with Crippen molar-refractivity contribution in [3.05, 3.63) is 89.7 Å². The predicted molar refractivity (Wildman–Crippen MR) is 129 cm³/mol. The zero-order valence-corrected chi connectivity index (χ0v) is 19.7. The van der Waals surface area contributed by atoms with Gasteiger partial charge in [-0.15, -0.1) is 0 Å². The monoisotopic (exact) mass is 451 g/mol. The maximum atomic E-state index is 12.6. The summed E-state index contributed by atoms with van der Waals surface area (Å²) in [5.41, 5.74) is 4.37. The first-order valence-electron chi connectivity index (χ1n) is 10.4. The minimum atomic E-state index is -3.63. The number of hydrogen-bond donors (Lipinski definition) is 1. The van der Waals surface area contributed by atoms with Crippen molar-refractivity contribution in [2.75, 3.05) is 22.4 Å². The fourth-order valence-electron chi connectivity index (χ4n) is 3.30. The van der Waals surface area contributed by atoms with Gasteiger partial charge in [0, 0.05) is 18.1 Å². The molecule has 0 saturated carbocycles. The lowest BCUT2D eigenvalue weighted by Crippen LogP contribution is -2.37. The minimum absolute atomic E-state index is 0.0462. The molecular formula is C25H29N3O3S. The number of anilines is 2. The highest BCUT2D eigenvalue weighted by molar-refractivity contribution is 7.92. The van der Waals surface area contributed by atoms with Crippen molar-refractivity contribution >= 4 is 27.3 Å². The van der Waals surface area contributed by atoms with Crippen molar-refractivity contribution < 1.29 is 13.2 Å². The van der Waals surface area contributed by atoms with Gasteiger partial charge in [-0.25, -0.2) is 8.42 Å². The average Bonchev–Trinajstić information content (AvgIpc) is 2.73. The van der Waals surface area contributed by atoms with E-state index in [2.05, 4.69) is 31.1 Å². The zero-order chi connectivity index (χ0) is 23.4. The molecule has 0 spiro atoms. The normalized spacial score (nSPS) is 11.8. The Bertz CT molecular complexity index is 1150. The van der Waals surface area contributed by atoms with E-state index in [-0.39, 0.29) is 12.0 Å². The predicted octanol–water partition coefficient (Wildman–Crippen LogP) is 4.37. The molecule has 0 unspecified atom stereocenters. The molecule has 1 N–H and O–H groups in total. The smallest absolute Gasteiger partial charge is 0.245 e. The van der Waals surface area contributed by atoms with Crippen molar-refractivity contribution in [3.8, 4) is 0 Å². The molecule has 32 heavy (non-hydrogen) atoms. The van der Waals surface area contributed by atoms with Gasteiger partial charge in [-0.3, -0.25) is 14.1 Å². The number of amides is 1. The molecule has 0 fully saturated rings. The highest BCUT2D eigenvalue weighted by atomic mass is 32.2. The van der Waals surface area contributed by atoms with E-state index >= 15 is 0 Å². The standard InChI is InChI=1S/C25H29N3O3S/c1-25(2,3)21-7-11-23(12-8-21)28(32(4,30)31)18-24(29)27-22-9-5-19(6-10-22)17-20-13-15-26-16-14-20/h5-16H,17-18H2,1-4H3,(H,27,29). The lowest BCUT2D eigenvalue weighted by atomic mass is 9.87. The van der Waals surface area contributed by atoms with Crippen LogP contribution in [0.25, 0.3) is 0 Å². The van der Waals surface area contributed by atoms with Crippen LogP contribution in [0.2, 0.25) is 0 Å². The van der Waals surface area contributed by atoms with E-state index < -0.39 is 15.9 Å². The fourth-order valence-corrected chi connectivity index (χ4v) is 4.16. The van der Waals surface area contributed by atoms with Crippen LogP contribution in [-0.2, 0) is 26.7 Å². The SMILES string of the molecule is CC(C)(C)c1ccc(N(CC(=O)Nc2ccc(Cc3ccncc3)cc2)S(C)(=O)=O)cc1. The Balaban J connectivity index is 1.68. The quantitative estimate of drug-likeness (QED) is 0.578. The topological polar surface area (TPSA) is 79.4 Å². The van der Waals surface area contributed by atoms with Crippen LogP contribution in [0.15, 0.2) is 73.1 Å². The number of benzene rings is 2. The summed E-state index contributed by atoms with van der Waals surface area (Å²) in [6, 6.07) is 18.7. The van der Waals surface area contributed by atoms with E-state index in [4.69, 9.17) is 0 Å². The third kappa shape index (κ3) is 6.40. The Kier molecular flexibility index (Phi) is 6.99. The summed E-state index contributed by atoms with van der Waals surface area (Å²) in [6.07, 6.45) is 5.39. The van der Waals surface area contributed by atoms with Crippen LogP contribution in [0, 0.1) is 0 Å². The summed E-state index contributed by atoms with van der Waals surface area (Å²) >= 11 is 0. The van der Waals surface area contributed by atoms with Crippen LogP contribution >= 0.6 is 0 Å². The average molecular weight is 452 g/mol. The molecule has 3 rings (SSSR count). The van der Waals surface area contributed by atoms with Gasteiger partial charge < -0.3 is 5.32 Å². The number of aromatic nitrogens is 1. The molecule has 0 aliphatic carbocycles. The highest BCUT2D eigenvalue weighted by Gasteiger charge is 2.22. The molecule has 3 aromatic rings. The van der Waals surface area contributed by atoms with Gasteiger partial charge in [-0.05, 0) is 64.9 Å². The third-order valence-corrected chi connectivity index (χ3v) is 6.24. The molecule has 1 heterocycles. The molecule has 6 nitrogen and oxygen atoms in total. The van der Waals surface area contributed by atoms with Gasteiger partial charge in [0.2, 0.25) is 15.9 Å². The van der Waals surface area contributed by atoms with Gasteiger partial charge in [-0.1, -0.05) is 45.0 Å². The van der Waals surface area contributed by atoms with Crippen molar-refractivity contribution in [2.45, 2.75) is 32.6 Å². The molecule has 0 saturated heterocycles. The van der Waals surface area contributed by atoms with E-state index in [1.54, 1.807) is 24.5 Å². The molecule has 1 amide bonds. The highest BCUT2D eigenvalue weighted by Crippen LogP contribution is 2.26. The van der Waals surface area contributed by atoms with Crippen LogP contribution < -0.4 is 9.62 Å². The maximum absolute atomic E-state index is 12.6. The van der Waals surface area contributed by atoms with Crippen LogP contribution in [0.4, 0.5) is 11.4 Å². The van der Waals surface area contributed by atoms with E-state index in [1.807, 2.05) is 48.5 Å². The van der Waals surface area contributed by atoms with Gasteiger partial charge in [0.1, 0.15) is 6.54 Å². The third-order valence-electron chi connectivity index (χ3n) is 5.10. The fraction of sp³-hybridized carbons (Fsp3) is 0.280. The first kappa shape index (κ1) is 23.5. The summed E-state index contributed by atoms with van der Waals surface area (Å²) in [5.74, 6) is -0.405. The van der Waals surface area contributed by atoms with Crippen LogP contribution in [-0.4, -0.2) is 32.1 Å². The summed E-state index contributed by atoms with van der Waals surface area (Å²) in [6.45, 7) is 5.97. The van der Waals surface area contributed by atoms with Gasteiger partial charge >= 0.3 is 0 Å². The molecule has 7 heteroatoms. The second-order valence-electron chi connectivity index (χ2n) is 8.84. The first-order valence-corrected chi connectivity index (χ1v) is 12.2. The number of pyridine rings is 1. The Hall–Kier alpha value is -3.19. The van der Waals surface area contributed by atoms with Gasteiger partial charge in [0.15, 0.2) is 0 Å². The Labute approximate surface area is 190 Å². The van der Waals surface area contributed by atoms with Crippen molar-refractivity contribution in [3.63, 3.8) is 0 Å². The first-order chi connectivity index (χ1) is 15.0. The zero-order valence-electron chi connectivity index (χ0n) is 18.9. The van der Waals surface area contributed by atoms with E-state index in [9.17, 15) is 13.2 Å². The number of nitrogens with one attached hydrogen (secondary N) is 1. The van der Waals surface area contributed by atoms with E-state index in [0.717, 1.165) is 33.7 Å². The van der Waals surface area contributed by atoms with Crippen molar-refractivity contribution in [1.29, 1.82) is 0 Å². The van der Waals surface area contributed by atoms with Crippen molar-refractivity contribution in [2.24, 2.45) is 0 Å². The molecule has 0 aliphatic rings. The van der Waals surface area contributed by atoms with Crippen LogP contribution in [0.1, 0.15) is 37.5 Å². The second kappa shape index (κ2) is 9.53. The summed E-state index contributed by atoms with van der Waals surface area (Å²) < 4.78 is 25.8. The lowest BCUT2D eigenvalue weighted by Gasteiger charge is -2.24. The molecule has 0 aliphatic heterocycles. The molecule has 1 aromatic heterocycles. The number of sulfonamides is 1. The molecule has 0 radical (unpaired) electrons. The number of rotatable bonds is 7. The number of carbonyl (C=O) groups is 1. The second-order valence-corrected chi connectivity index (χ2v) is 10.8. The Morgan fingerprint density at radius 3 is 2.00 bits per heavy atom. The van der Waals surface area contributed by atoms with Gasteiger partial charge in [0.05, 0.1) is 11.9 Å². The van der Waals surface area contributed by atoms with Gasteiger partial charge in [-0.2, -0.15) is 0 Å². The number of carbonyl (C=O) groups excluding carboxylic acids is 1.